The number of thioether (sulfide) groups is 1. The van der Waals surface area contributed by atoms with Crippen molar-refractivity contribution in [3.8, 4) is 0 Å². The molecule has 2 aromatic rings. The average Bonchev–Trinajstić information content (AvgIpc) is 3.42. The number of anilines is 1. The smallest absolute Gasteiger partial charge is 0.267 e. The number of halogens is 1. The van der Waals surface area contributed by atoms with Crippen LogP contribution in [-0.2, 0) is 16.1 Å². The number of benzene rings is 2. The summed E-state index contributed by atoms with van der Waals surface area (Å²) in [6, 6.07) is 15.3. The third-order valence-electron chi connectivity index (χ3n) is 5.93. The van der Waals surface area contributed by atoms with Crippen molar-refractivity contribution < 1.29 is 9.59 Å². The lowest BCUT2D eigenvalue weighted by Crippen LogP contribution is -2.37. The van der Waals surface area contributed by atoms with Gasteiger partial charge in [0.2, 0.25) is 0 Å². The number of nitrogens with zero attached hydrogens (tertiary/aromatic N) is 2. The number of hydrogen-bond acceptors (Lipinski definition) is 4. The van der Waals surface area contributed by atoms with E-state index in [2.05, 4.69) is 0 Å². The van der Waals surface area contributed by atoms with Crippen molar-refractivity contribution in [2.24, 2.45) is 0 Å². The Morgan fingerprint density at radius 1 is 1.00 bits per heavy atom. The van der Waals surface area contributed by atoms with E-state index < -0.39 is 0 Å². The number of thiocarbonyl (C=S) groups is 1. The molecule has 5 rings (SSSR count). The first-order valence-corrected chi connectivity index (χ1v) is 11.6. The fraction of sp³-hybridized carbons (Fsp3) is 0.261. The van der Waals surface area contributed by atoms with Crippen molar-refractivity contribution in [2.75, 3.05) is 4.90 Å². The molecule has 2 aromatic carbocycles. The van der Waals surface area contributed by atoms with Crippen LogP contribution < -0.4 is 4.90 Å². The zero-order valence-electron chi connectivity index (χ0n) is 16.1. The molecule has 4 nitrogen and oxygen atoms in total. The fourth-order valence-electron chi connectivity index (χ4n) is 4.46. The Morgan fingerprint density at radius 2 is 1.70 bits per heavy atom. The summed E-state index contributed by atoms with van der Waals surface area (Å²) >= 11 is 13.1. The molecule has 0 aromatic heterocycles. The van der Waals surface area contributed by atoms with Gasteiger partial charge in [0.05, 0.1) is 22.7 Å². The Bertz CT molecular complexity index is 1110. The normalized spacial score (nSPS) is 21.8. The molecule has 0 spiro atoms. The van der Waals surface area contributed by atoms with Crippen LogP contribution in [0.5, 0.6) is 0 Å². The quantitative estimate of drug-likeness (QED) is 0.460. The van der Waals surface area contributed by atoms with Gasteiger partial charge in [-0.1, -0.05) is 84.8 Å². The molecule has 0 radical (unpaired) electrons. The zero-order chi connectivity index (χ0) is 20.8. The number of carbonyl (C=O) groups is 2. The summed E-state index contributed by atoms with van der Waals surface area (Å²) in [6.07, 6.45) is 4.17. The van der Waals surface area contributed by atoms with Crippen molar-refractivity contribution in [1.29, 1.82) is 0 Å². The molecule has 2 amide bonds. The highest BCUT2D eigenvalue weighted by atomic mass is 35.5. The number of fused-ring (bicyclic) bond motifs is 1. The lowest BCUT2D eigenvalue weighted by molar-refractivity contribution is -0.123. The molecule has 1 saturated carbocycles. The molecule has 7 heteroatoms. The van der Waals surface area contributed by atoms with E-state index in [-0.39, 0.29) is 17.9 Å². The molecule has 2 heterocycles. The van der Waals surface area contributed by atoms with Crippen molar-refractivity contribution in [3.05, 3.63) is 69.6 Å². The van der Waals surface area contributed by atoms with Crippen LogP contribution >= 0.6 is 35.6 Å². The largest absolute Gasteiger partial charge is 0.303 e. The Kier molecular flexibility index (Phi) is 5.17. The van der Waals surface area contributed by atoms with E-state index in [1.807, 2.05) is 48.5 Å². The van der Waals surface area contributed by atoms with E-state index >= 15 is 0 Å². The third-order valence-corrected chi connectivity index (χ3v) is 7.70. The van der Waals surface area contributed by atoms with Gasteiger partial charge in [-0.15, -0.1) is 0 Å². The Labute approximate surface area is 189 Å². The van der Waals surface area contributed by atoms with Crippen LogP contribution in [0.1, 0.15) is 36.8 Å². The van der Waals surface area contributed by atoms with E-state index in [0.29, 0.717) is 26.4 Å². The van der Waals surface area contributed by atoms with Crippen LogP contribution in [0, 0.1) is 0 Å². The summed E-state index contributed by atoms with van der Waals surface area (Å²) in [6.45, 7) is 0.349. The van der Waals surface area contributed by atoms with Gasteiger partial charge in [0.25, 0.3) is 11.8 Å². The average molecular weight is 455 g/mol. The molecule has 30 heavy (non-hydrogen) atoms. The van der Waals surface area contributed by atoms with E-state index in [1.54, 1.807) is 9.80 Å². The molecule has 0 N–H and O–H groups in total. The second-order valence-corrected chi connectivity index (χ2v) is 9.74. The van der Waals surface area contributed by atoms with Crippen LogP contribution in [0.25, 0.3) is 5.57 Å². The first-order chi connectivity index (χ1) is 14.6. The highest BCUT2D eigenvalue weighted by Crippen LogP contribution is 2.46. The van der Waals surface area contributed by atoms with Gasteiger partial charge in [0, 0.05) is 16.6 Å². The maximum absolute atomic E-state index is 13.5. The molecule has 3 aliphatic rings. The minimum atomic E-state index is -0.178. The highest BCUT2D eigenvalue weighted by Gasteiger charge is 2.44. The predicted molar refractivity (Wildman–Crippen MR) is 125 cm³/mol. The van der Waals surface area contributed by atoms with Gasteiger partial charge in [-0.25, -0.2) is 0 Å². The fourth-order valence-corrected chi connectivity index (χ4v) is 6.13. The first-order valence-electron chi connectivity index (χ1n) is 10.0. The van der Waals surface area contributed by atoms with Crippen LogP contribution in [0.4, 0.5) is 5.69 Å². The van der Waals surface area contributed by atoms with Gasteiger partial charge in [0.15, 0.2) is 0 Å². The molecule has 0 bridgehead atoms. The summed E-state index contributed by atoms with van der Waals surface area (Å²) < 4.78 is 0.559. The summed E-state index contributed by atoms with van der Waals surface area (Å²) in [7, 11) is 0. The predicted octanol–water partition coefficient (Wildman–Crippen LogP) is 5.40. The lowest BCUT2D eigenvalue weighted by Gasteiger charge is -2.22. The summed E-state index contributed by atoms with van der Waals surface area (Å²) in [5, 5.41) is 0.615. The van der Waals surface area contributed by atoms with E-state index in [1.165, 1.54) is 11.8 Å². The molecule has 1 aliphatic carbocycles. The maximum Gasteiger partial charge on any atom is 0.267 e. The SMILES string of the molecule is O=C1C(=C2SC(=S)N(C3CCCC3)C2=O)c2ccccc2N1Cc1ccccc1Cl. The van der Waals surface area contributed by atoms with Crippen LogP contribution in [0.15, 0.2) is 53.4 Å². The van der Waals surface area contributed by atoms with Crippen LogP contribution in [0.2, 0.25) is 5.02 Å². The van der Waals surface area contributed by atoms with E-state index in [0.717, 1.165) is 42.5 Å². The van der Waals surface area contributed by atoms with Crippen LogP contribution in [-0.4, -0.2) is 27.1 Å². The van der Waals surface area contributed by atoms with Crippen molar-refractivity contribution in [1.82, 2.24) is 4.90 Å². The second kappa shape index (κ2) is 7.84. The molecule has 1 saturated heterocycles. The number of carbonyl (C=O) groups excluding carboxylic acids is 2. The van der Waals surface area contributed by atoms with Gasteiger partial charge >= 0.3 is 0 Å². The molecule has 2 fully saturated rings. The standard InChI is InChI=1S/C23H19ClN2O2S2/c24-17-11-5-1-7-14(17)13-25-18-12-6-4-10-16(18)19(21(25)27)20-22(28)26(23(29)30-20)15-8-2-3-9-15/h1,4-7,10-12,15H,2-3,8-9,13H2. The number of para-hydroxylation sites is 1. The maximum atomic E-state index is 13.5. The number of rotatable bonds is 3. The topological polar surface area (TPSA) is 40.6 Å². The summed E-state index contributed by atoms with van der Waals surface area (Å²) in [5.41, 5.74) is 2.89. The molecular formula is C23H19ClN2O2S2. The van der Waals surface area contributed by atoms with Crippen molar-refractivity contribution >= 4 is 63.0 Å². The monoisotopic (exact) mass is 454 g/mol. The van der Waals surface area contributed by atoms with Crippen LogP contribution in [0.3, 0.4) is 0 Å². The minimum absolute atomic E-state index is 0.130. The minimum Gasteiger partial charge on any atom is -0.303 e. The van der Waals surface area contributed by atoms with E-state index in [4.69, 9.17) is 23.8 Å². The zero-order valence-corrected chi connectivity index (χ0v) is 18.5. The molecule has 0 unspecified atom stereocenters. The summed E-state index contributed by atoms with van der Waals surface area (Å²) in [4.78, 5) is 30.8. The summed E-state index contributed by atoms with van der Waals surface area (Å²) in [5.74, 6) is -0.308. The molecular weight excluding hydrogens is 436 g/mol. The van der Waals surface area contributed by atoms with Gasteiger partial charge in [-0.3, -0.25) is 14.5 Å². The van der Waals surface area contributed by atoms with Gasteiger partial charge in [0.1, 0.15) is 4.32 Å². The van der Waals surface area contributed by atoms with Crippen molar-refractivity contribution in [2.45, 2.75) is 38.3 Å². The van der Waals surface area contributed by atoms with Crippen molar-refractivity contribution in [3.63, 3.8) is 0 Å². The lowest BCUT2D eigenvalue weighted by atomic mass is 10.1. The molecule has 0 atom stereocenters. The second-order valence-electron chi connectivity index (χ2n) is 7.69. The van der Waals surface area contributed by atoms with E-state index in [9.17, 15) is 9.59 Å². The Morgan fingerprint density at radius 3 is 2.47 bits per heavy atom. The Balaban J connectivity index is 1.56. The van der Waals surface area contributed by atoms with Gasteiger partial charge in [-0.05, 0) is 30.5 Å². The third kappa shape index (κ3) is 3.18. The molecule has 2 aliphatic heterocycles. The molecule has 152 valence electrons. The Hall–Kier alpha value is -2.15. The first kappa shape index (κ1) is 19.8. The van der Waals surface area contributed by atoms with Gasteiger partial charge in [-0.2, -0.15) is 0 Å². The highest BCUT2D eigenvalue weighted by molar-refractivity contribution is 8.26. The van der Waals surface area contributed by atoms with Gasteiger partial charge < -0.3 is 4.90 Å². The number of hydrogen-bond donors (Lipinski definition) is 0. The number of amides is 2.